The highest BCUT2D eigenvalue weighted by atomic mass is 16.3. The lowest BCUT2D eigenvalue weighted by molar-refractivity contribution is 0.531. The van der Waals surface area contributed by atoms with Gasteiger partial charge < -0.3 is 9.73 Å². The molecular formula is C17H13N3O. The summed E-state index contributed by atoms with van der Waals surface area (Å²) in [5, 5.41) is 12.1. The van der Waals surface area contributed by atoms with Crippen LogP contribution in [0.5, 0.6) is 0 Å². The lowest BCUT2D eigenvalue weighted by Gasteiger charge is -2.04. The fourth-order valence-corrected chi connectivity index (χ4v) is 2.02. The minimum atomic E-state index is 0.565. The van der Waals surface area contributed by atoms with Crippen molar-refractivity contribution in [2.45, 2.75) is 6.54 Å². The first kappa shape index (κ1) is 12.9. The van der Waals surface area contributed by atoms with E-state index in [1.165, 1.54) is 0 Å². The molecule has 0 aliphatic heterocycles. The van der Waals surface area contributed by atoms with Crippen LogP contribution < -0.4 is 5.32 Å². The van der Waals surface area contributed by atoms with E-state index in [1.807, 2.05) is 42.5 Å². The molecule has 0 aliphatic carbocycles. The summed E-state index contributed by atoms with van der Waals surface area (Å²) < 4.78 is 5.78. The molecule has 0 fully saturated rings. The van der Waals surface area contributed by atoms with Gasteiger partial charge >= 0.3 is 0 Å². The van der Waals surface area contributed by atoms with Gasteiger partial charge in [0.1, 0.15) is 11.5 Å². The van der Waals surface area contributed by atoms with Crippen molar-refractivity contribution in [2.75, 3.05) is 5.32 Å². The molecule has 4 heteroatoms. The Bertz CT molecular complexity index is 772. The van der Waals surface area contributed by atoms with Crippen molar-refractivity contribution in [3.8, 4) is 17.4 Å². The Morgan fingerprint density at radius 1 is 1.14 bits per heavy atom. The Hall–Kier alpha value is -3.06. The zero-order valence-corrected chi connectivity index (χ0v) is 11.3. The molecule has 1 aromatic carbocycles. The number of pyridine rings is 1. The van der Waals surface area contributed by atoms with Gasteiger partial charge in [-0.2, -0.15) is 5.26 Å². The summed E-state index contributed by atoms with van der Waals surface area (Å²) in [6, 6.07) is 17.2. The highest BCUT2D eigenvalue weighted by Gasteiger charge is 2.04. The Kier molecular flexibility index (Phi) is 3.66. The SMILES string of the molecule is N#Cc1cccc(NCc2ccc(-c3cccnc3)o2)c1. The Morgan fingerprint density at radius 3 is 2.90 bits per heavy atom. The molecule has 2 heterocycles. The summed E-state index contributed by atoms with van der Waals surface area (Å²) in [6.45, 7) is 0.565. The van der Waals surface area contributed by atoms with Crippen LogP contribution in [0.4, 0.5) is 5.69 Å². The van der Waals surface area contributed by atoms with Crippen LogP contribution in [0.3, 0.4) is 0 Å². The molecule has 102 valence electrons. The van der Waals surface area contributed by atoms with Gasteiger partial charge in [-0.05, 0) is 42.5 Å². The number of nitrogens with one attached hydrogen (secondary N) is 1. The van der Waals surface area contributed by atoms with Gasteiger partial charge in [0, 0.05) is 23.6 Å². The quantitative estimate of drug-likeness (QED) is 0.786. The van der Waals surface area contributed by atoms with Crippen LogP contribution in [-0.4, -0.2) is 4.98 Å². The predicted octanol–water partition coefficient (Wildman–Crippen LogP) is 3.83. The number of hydrogen-bond acceptors (Lipinski definition) is 4. The van der Waals surface area contributed by atoms with Gasteiger partial charge in [0.25, 0.3) is 0 Å². The van der Waals surface area contributed by atoms with Gasteiger partial charge in [0.2, 0.25) is 0 Å². The van der Waals surface area contributed by atoms with Gasteiger partial charge in [-0.1, -0.05) is 6.07 Å². The predicted molar refractivity (Wildman–Crippen MR) is 80.4 cm³/mol. The van der Waals surface area contributed by atoms with Crippen LogP contribution in [0.1, 0.15) is 11.3 Å². The smallest absolute Gasteiger partial charge is 0.135 e. The van der Waals surface area contributed by atoms with Crippen LogP contribution >= 0.6 is 0 Å². The summed E-state index contributed by atoms with van der Waals surface area (Å²) in [7, 11) is 0. The number of anilines is 1. The first-order valence-electron chi connectivity index (χ1n) is 6.58. The number of rotatable bonds is 4. The largest absolute Gasteiger partial charge is 0.459 e. The number of nitrogens with zero attached hydrogens (tertiary/aromatic N) is 2. The molecule has 2 aromatic heterocycles. The molecule has 0 unspecified atom stereocenters. The molecule has 0 saturated carbocycles. The van der Waals surface area contributed by atoms with Crippen molar-refractivity contribution in [1.82, 2.24) is 4.98 Å². The van der Waals surface area contributed by atoms with E-state index in [4.69, 9.17) is 9.68 Å². The zero-order chi connectivity index (χ0) is 14.5. The Morgan fingerprint density at radius 2 is 2.10 bits per heavy atom. The molecule has 0 aliphatic rings. The summed E-state index contributed by atoms with van der Waals surface area (Å²) in [5.74, 6) is 1.63. The molecule has 0 spiro atoms. The van der Waals surface area contributed by atoms with Crippen molar-refractivity contribution in [1.29, 1.82) is 5.26 Å². The molecule has 0 atom stereocenters. The van der Waals surface area contributed by atoms with Crippen LogP contribution in [0, 0.1) is 11.3 Å². The third kappa shape index (κ3) is 3.10. The zero-order valence-electron chi connectivity index (χ0n) is 11.3. The molecule has 1 N–H and O–H groups in total. The molecule has 0 radical (unpaired) electrons. The standard InChI is InChI=1S/C17H13N3O/c18-10-13-3-1-5-15(9-13)20-12-16-6-7-17(21-16)14-4-2-8-19-11-14/h1-9,11,20H,12H2. The highest BCUT2D eigenvalue weighted by molar-refractivity contribution is 5.56. The average molecular weight is 275 g/mol. The Labute approximate surface area is 122 Å². The molecular weight excluding hydrogens is 262 g/mol. The van der Waals surface area contributed by atoms with Crippen LogP contribution in [0.2, 0.25) is 0 Å². The van der Waals surface area contributed by atoms with Gasteiger partial charge in [-0.25, -0.2) is 0 Å². The Balaban J connectivity index is 1.69. The monoisotopic (exact) mass is 275 g/mol. The van der Waals surface area contributed by atoms with E-state index < -0.39 is 0 Å². The minimum Gasteiger partial charge on any atom is -0.459 e. The summed E-state index contributed by atoms with van der Waals surface area (Å²) in [5.41, 5.74) is 2.49. The fraction of sp³-hybridized carbons (Fsp3) is 0.0588. The van der Waals surface area contributed by atoms with E-state index in [-0.39, 0.29) is 0 Å². The normalized spacial score (nSPS) is 10.0. The topological polar surface area (TPSA) is 61.9 Å². The number of nitriles is 1. The minimum absolute atomic E-state index is 0.565. The lowest BCUT2D eigenvalue weighted by atomic mass is 10.2. The number of hydrogen-bond donors (Lipinski definition) is 1. The fourth-order valence-electron chi connectivity index (χ4n) is 2.02. The van der Waals surface area contributed by atoms with Crippen molar-refractivity contribution in [2.24, 2.45) is 0 Å². The third-order valence-electron chi connectivity index (χ3n) is 3.07. The second-order valence-electron chi connectivity index (χ2n) is 4.55. The molecule has 3 rings (SSSR count). The van der Waals surface area contributed by atoms with Crippen LogP contribution in [0.25, 0.3) is 11.3 Å². The number of benzene rings is 1. The number of furan rings is 1. The van der Waals surface area contributed by atoms with Gasteiger partial charge in [0.05, 0.1) is 18.2 Å². The average Bonchev–Trinajstić information content (AvgIpc) is 3.03. The van der Waals surface area contributed by atoms with Crippen molar-refractivity contribution >= 4 is 5.69 Å². The van der Waals surface area contributed by atoms with Gasteiger partial charge in [-0.15, -0.1) is 0 Å². The second-order valence-corrected chi connectivity index (χ2v) is 4.55. The van der Waals surface area contributed by atoms with Crippen molar-refractivity contribution in [3.05, 3.63) is 72.2 Å². The van der Waals surface area contributed by atoms with Gasteiger partial charge in [-0.3, -0.25) is 4.98 Å². The molecule has 0 bridgehead atoms. The molecule has 3 aromatic rings. The van der Waals surface area contributed by atoms with Crippen LogP contribution in [0.15, 0.2) is 65.3 Å². The van der Waals surface area contributed by atoms with E-state index in [0.29, 0.717) is 12.1 Å². The first-order chi connectivity index (χ1) is 10.3. The summed E-state index contributed by atoms with van der Waals surface area (Å²) in [4.78, 5) is 4.08. The van der Waals surface area contributed by atoms with Crippen molar-refractivity contribution in [3.63, 3.8) is 0 Å². The first-order valence-corrected chi connectivity index (χ1v) is 6.58. The van der Waals surface area contributed by atoms with E-state index in [9.17, 15) is 0 Å². The van der Waals surface area contributed by atoms with Crippen molar-refractivity contribution < 1.29 is 4.42 Å². The summed E-state index contributed by atoms with van der Waals surface area (Å²) in [6.07, 6.45) is 3.50. The lowest BCUT2D eigenvalue weighted by Crippen LogP contribution is -1.98. The highest BCUT2D eigenvalue weighted by Crippen LogP contribution is 2.21. The van der Waals surface area contributed by atoms with E-state index in [2.05, 4.69) is 16.4 Å². The maximum absolute atomic E-state index is 8.87. The number of aromatic nitrogens is 1. The van der Waals surface area contributed by atoms with Crippen LogP contribution in [-0.2, 0) is 6.54 Å². The molecule has 4 nitrogen and oxygen atoms in total. The van der Waals surface area contributed by atoms with E-state index >= 15 is 0 Å². The maximum Gasteiger partial charge on any atom is 0.135 e. The molecule has 21 heavy (non-hydrogen) atoms. The second kappa shape index (κ2) is 5.93. The summed E-state index contributed by atoms with van der Waals surface area (Å²) >= 11 is 0. The maximum atomic E-state index is 8.87. The third-order valence-corrected chi connectivity index (χ3v) is 3.07. The van der Waals surface area contributed by atoms with E-state index in [0.717, 1.165) is 22.8 Å². The molecule has 0 saturated heterocycles. The van der Waals surface area contributed by atoms with E-state index in [1.54, 1.807) is 18.5 Å². The molecule has 0 amide bonds. The van der Waals surface area contributed by atoms with Gasteiger partial charge in [0.15, 0.2) is 0 Å².